The molecule has 0 N–H and O–H groups in total. The van der Waals surface area contributed by atoms with Crippen molar-refractivity contribution in [2.45, 2.75) is 131 Å². The first-order valence-corrected chi connectivity index (χ1v) is 18.8. The molecule has 1 aromatic carbocycles. The predicted molar refractivity (Wildman–Crippen MR) is 197 cm³/mol. The van der Waals surface area contributed by atoms with Gasteiger partial charge in [-0.1, -0.05) is 39.7 Å². The molecule has 1 aromatic rings. The molecule has 4 rings (SSSR count). The van der Waals surface area contributed by atoms with Gasteiger partial charge < -0.3 is 28.9 Å². The third kappa shape index (κ3) is 10.3. The molecule has 50 heavy (non-hydrogen) atoms. The summed E-state index contributed by atoms with van der Waals surface area (Å²) in [6.07, 6.45) is 7.49. The summed E-state index contributed by atoms with van der Waals surface area (Å²) in [6.45, 7) is 19.4. The Morgan fingerprint density at radius 3 is 2.40 bits per heavy atom. The van der Waals surface area contributed by atoms with Crippen LogP contribution in [0.25, 0.3) is 0 Å². The van der Waals surface area contributed by atoms with Crippen LogP contribution in [0.2, 0.25) is 0 Å². The molecule has 2 heterocycles. The van der Waals surface area contributed by atoms with Gasteiger partial charge in [0.1, 0.15) is 17.1 Å². The first-order chi connectivity index (χ1) is 23.5. The van der Waals surface area contributed by atoms with Gasteiger partial charge in [0.25, 0.3) is 5.91 Å². The number of anilines is 2. The Labute approximate surface area is 299 Å². The van der Waals surface area contributed by atoms with Gasteiger partial charge in [0.05, 0.1) is 18.2 Å². The second kappa shape index (κ2) is 16.7. The van der Waals surface area contributed by atoms with E-state index in [9.17, 15) is 19.2 Å². The molecule has 1 saturated heterocycles. The number of allylic oxidation sites excluding steroid dienone is 1. The largest absolute Gasteiger partial charge is 0.476 e. The fraction of sp³-hybridized carbons (Fsp3) is 0.700. The molecule has 3 aliphatic rings. The van der Waals surface area contributed by atoms with Crippen molar-refractivity contribution >= 4 is 35.1 Å². The molecular formula is C40H61N3O7. The highest BCUT2D eigenvalue weighted by Gasteiger charge is 2.45. The van der Waals surface area contributed by atoms with Crippen LogP contribution in [-0.4, -0.2) is 78.7 Å². The quantitative estimate of drug-likeness (QED) is 0.137. The van der Waals surface area contributed by atoms with E-state index in [-0.39, 0.29) is 43.1 Å². The third-order valence-electron chi connectivity index (χ3n) is 9.43. The summed E-state index contributed by atoms with van der Waals surface area (Å²) in [5.74, 6) is -0.286. The number of ether oxygens (including phenoxy) is 3. The number of fused-ring (bicyclic) bond motifs is 1. The highest BCUT2D eigenvalue weighted by Crippen LogP contribution is 2.43. The van der Waals surface area contributed by atoms with Crippen molar-refractivity contribution in [3.63, 3.8) is 0 Å². The van der Waals surface area contributed by atoms with Crippen LogP contribution < -0.4 is 14.5 Å². The summed E-state index contributed by atoms with van der Waals surface area (Å²) >= 11 is 0. The lowest BCUT2D eigenvalue weighted by atomic mass is 9.84. The molecule has 1 saturated carbocycles. The van der Waals surface area contributed by atoms with Gasteiger partial charge in [-0.05, 0) is 103 Å². The number of hydrogen-bond donors (Lipinski definition) is 0. The highest BCUT2D eigenvalue weighted by atomic mass is 16.6. The van der Waals surface area contributed by atoms with E-state index in [4.69, 9.17) is 14.2 Å². The topological polar surface area (TPSA) is 106 Å². The summed E-state index contributed by atoms with van der Waals surface area (Å²) in [5, 5.41) is 0. The van der Waals surface area contributed by atoms with E-state index < -0.39 is 29.1 Å². The molecule has 0 unspecified atom stereocenters. The fourth-order valence-corrected chi connectivity index (χ4v) is 6.85. The fourth-order valence-electron chi connectivity index (χ4n) is 6.85. The van der Waals surface area contributed by atoms with Gasteiger partial charge >= 0.3 is 6.09 Å². The number of unbranched alkanes of at least 4 members (excludes halogenated alkanes) is 2. The summed E-state index contributed by atoms with van der Waals surface area (Å²) in [5.41, 5.74) is 0.743. The minimum absolute atomic E-state index is 0.00145. The molecule has 0 aromatic heterocycles. The summed E-state index contributed by atoms with van der Waals surface area (Å²) < 4.78 is 17.6. The summed E-state index contributed by atoms with van der Waals surface area (Å²) in [6, 6.07) is 5.66. The van der Waals surface area contributed by atoms with Crippen LogP contribution in [0, 0.1) is 17.8 Å². The van der Waals surface area contributed by atoms with E-state index in [1.54, 1.807) is 23.6 Å². The Balaban J connectivity index is 1.63. The minimum atomic E-state index is -0.991. The number of amides is 3. The van der Waals surface area contributed by atoms with Gasteiger partial charge in [0.2, 0.25) is 5.91 Å². The van der Waals surface area contributed by atoms with Crippen LogP contribution in [-0.2, 0) is 23.9 Å². The molecule has 0 bridgehead atoms. The Bertz CT molecular complexity index is 1410. The van der Waals surface area contributed by atoms with E-state index in [0.717, 1.165) is 44.1 Å². The van der Waals surface area contributed by atoms with Crippen LogP contribution in [0.15, 0.2) is 29.8 Å². The second-order valence-electron chi connectivity index (χ2n) is 16.2. The van der Waals surface area contributed by atoms with Gasteiger partial charge in [-0.3, -0.25) is 14.4 Å². The molecular weight excluding hydrogens is 634 g/mol. The number of likely N-dealkylation sites (tertiary alicyclic amines) is 1. The second-order valence-corrected chi connectivity index (χ2v) is 16.2. The Morgan fingerprint density at radius 2 is 1.78 bits per heavy atom. The average molecular weight is 696 g/mol. The van der Waals surface area contributed by atoms with Gasteiger partial charge in [0, 0.05) is 50.3 Å². The maximum Gasteiger partial charge on any atom is 0.410 e. The van der Waals surface area contributed by atoms with Crippen LogP contribution in [0.3, 0.4) is 0 Å². The number of carbonyl (C=O) groups is 4. The molecule has 2 fully saturated rings. The van der Waals surface area contributed by atoms with Crippen molar-refractivity contribution in [3.05, 3.63) is 29.8 Å². The minimum Gasteiger partial charge on any atom is -0.476 e. The molecule has 0 radical (unpaired) electrons. The Hall–Kier alpha value is -3.40. The van der Waals surface area contributed by atoms with Gasteiger partial charge in [-0.25, -0.2) is 4.79 Å². The van der Waals surface area contributed by atoms with E-state index in [2.05, 4.69) is 20.8 Å². The van der Waals surface area contributed by atoms with Crippen LogP contribution in [0.5, 0.6) is 5.75 Å². The first kappa shape index (κ1) is 39.4. The van der Waals surface area contributed by atoms with Crippen LogP contribution in [0.1, 0.15) is 114 Å². The standard InChI is InChI=1S/C40H61N3O7/c1-10-12-13-20-42-33-23-32(17-19-35(33)49-40(8,9)37(42)46)43(31-15-16-31)36(45)30-22-29(24-41(25-30)38(47)50-39(5,6)7)34(44)18-14-28(21-27(3)4)26-48-11-2/h14,17,19,23,27,29-31H,10-13,15-16,18,20-22,24-26H2,1-9H3/b28-14+/t29-,30+/m0/s1. The highest BCUT2D eigenvalue weighted by molar-refractivity contribution is 6.04. The third-order valence-corrected chi connectivity index (χ3v) is 9.43. The van der Waals surface area contributed by atoms with Crippen molar-refractivity contribution < 1.29 is 33.4 Å². The number of carbonyl (C=O) groups excluding carboxylic acids is 4. The lowest BCUT2D eigenvalue weighted by Gasteiger charge is -2.40. The number of ketones is 1. The smallest absolute Gasteiger partial charge is 0.410 e. The van der Waals surface area contributed by atoms with Crippen molar-refractivity contribution in [1.29, 1.82) is 0 Å². The molecule has 3 amide bonds. The number of Topliss-reactive ketones (excluding diaryl/α,β-unsaturated/α-hetero) is 1. The normalized spacial score (nSPS) is 20.8. The number of rotatable bonds is 15. The zero-order chi connectivity index (χ0) is 36.8. The molecule has 1 aliphatic carbocycles. The molecule has 2 atom stereocenters. The maximum absolute atomic E-state index is 14.6. The van der Waals surface area contributed by atoms with Gasteiger partial charge in [-0.15, -0.1) is 0 Å². The van der Waals surface area contributed by atoms with Crippen LogP contribution >= 0.6 is 0 Å². The van der Waals surface area contributed by atoms with Gasteiger partial charge in [-0.2, -0.15) is 0 Å². The van der Waals surface area contributed by atoms with Crippen molar-refractivity contribution in [2.24, 2.45) is 17.8 Å². The number of nitrogens with zero attached hydrogens (tertiary/aromatic N) is 3. The molecule has 10 nitrogen and oxygen atoms in total. The molecule has 10 heteroatoms. The zero-order valence-corrected chi connectivity index (χ0v) is 32.0. The summed E-state index contributed by atoms with van der Waals surface area (Å²) in [7, 11) is 0. The first-order valence-electron chi connectivity index (χ1n) is 18.8. The lowest BCUT2D eigenvalue weighted by Crippen LogP contribution is -2.53. The number of hydrogen-bond acceptors (Lipinski definition) is 7. The van der Waals surface area contributed by atoms with Crippen molar-refractivity contribution in [2.75, 3.05) is 42.6 Å². The van der Waals surface area contributed by atoms with Crippen molar-refractivity contribution in [3.8, 4) is 5.75 Å². The maximum atomic E-state index is 14.6. The van der Waals surface area contributed by atoms with Crippen LogP contribution in [0.4, 0.5) is 16.2 Å². The molecule has 278 valence electrons. The Morgan fingerprint density at radius 1 is 1.08 bits per heavy atom. The average Bonchev–Trinajstić information content (AvgIpc) is 3.88. The van der Waals surface area contributed by atoms with E-state index in [1.165, 1.54) is 0 Å². The lowest BCUT2D eigenvalue weighted by molar-refractivity contribution is -0.132. The van der Waals surface area contributed by atoms with Gasteiger partial charge in [0.15, 0.2) is 5.60 Å². The Kier molecular flexibility index (Phi) is 13.2. The zero-order valence-electron chi connectivity index (χ0n) is 32.0. The molecule has 0 spiro atoms. The van der Waals surface area contributed by atoms with E-state index in [0.29, 0.717) is 49.2 Å². The van der Waals surface area contributed by atoms with E-state index >= 15 is 0 Å². The molecule has 2 aliphatic heterocycles. The number of benzene rings is 1. The predicted octanol–water partition coefficient (Wildman–Crippen LogP) is 7.72. The van der Waals surface area contributed by atoms with Crippen molar-refractivity contribution in [1.82, 2.24) is 4.90 Å². The van der Waals surface area contributed by atoms with E-state index in [1.807, 2.05) is 56.9 Å². The summed E-state index contributed by atoms with van der Waals surface area (Å²) in [4.78, 5) is 60.6. The number of piperidine rings is 1. The monoisotopic (exact) mass is 695 g/mol. The SMILES string of the molecule is CCCCCN1C(=O)C(C)(C)Oc2ccc(N(C(=O)[C@@H]3C[C@H](C(=O)C/C=C(/COCC)CC(C)C)CN(C(=O)OC(C)(C)C)C3)C3CC3)cc21.